The van der Waals surface area contributed by atoms with Crippen molar-refractivity contribution in [1.82, 2.24) is 24.9 Å². The first kappa shape index (κ1) is 22.3. The third kappa shape index (κ3) is 4.09. The molecule has 34 heavy (non-hydrogen) atoms. The van der Waals surface area contributed by atoms with Gasteiger partial charge in [0, 0.05) is 18.1 Å². The minimum absolute atomic E-state index is 0.104. The fourth-order valence-corrected chi connectivity index (χ4v) is 4.56. The second kappa shape index (κ2) is 9.02. The number of nitrogens with one attached hydrogen (secondary N) is 1. The topological polar surface area (TPSA) is 89.1 Å². The number of halogens is 3. The molecule has 1 fully saturated rings. The lowest BCUT2D eigenvalue weighted by Gasteiger charge is -2.40. The zero-order valence-electron chi connectivity index (χ0n) is 18.2. The predicted octanol–water partition coefficient (Wildman–Crippen LogP) is 4.69. The smallest absolute Gasteiger partial charge is 0.295 e. The van der Waals surface area contributed by atoms with E-state index in [1.807, 2.05) is 6.92 Å². The number of fused-ring (bicyclic) bond motifs is 1. The van der Waals surface area contributed by atoms with Crippen LogP contribution in [0.1, 0.15) is 30.1 Å². The molecule has 5 rings (SSSR count). The predicted molar refractivity (Wildman–Crippen MR) is 122 cm³/mol. The van der Waals surface area contributed by atoms with Crippen molar-refractivity contribution in [3.05, 3.63) is 64.9 Å². The fraction of sp³-hybridized carbons (Fsp3) is 0.304. The summed E-state index contributed by atoms with van der Waals surface area (Å²) in [6, 6.07) is 7.03. The number of rotatable bonds is 5. The quantitative estimate of drug-likeness (QED) is 0.440. The van der Waals surface area contributed by atoms with Crippen LogP contribution >= 0.6 is 11.6 Å². The van der Waals surface area contributed by atoms with E-state index in [0.717, 1.165) is 29.8 Å². The summed E-state index contributed by atoms with van der Waals surface area (Å²) in [4.78, 5) is 20.5. The molecule has 1 saturated heterocycles. The van der Waals surface area contributed by atoms with Gasteiger partial charge in [-0.25, -0.2) is 8.78 Å². The minimum Gasteiger partial charge on any atom is -0.424 e. The first-order valence-corrected chi connectivity index (χ1v) is 11.3. The second-order valence-electron chi connectivity index (χ2n) is 8.27. The number of carbonyl (C=O) groups is 1. The van der Waals surface area contributed by atoms with Gasteiger partial charge in [0.1, 0.15) is 22.6 Å². The maximum atomic E-state index is 14.9. The van der Waals surface area contributed by atoms with Gasteiger partial charge in [0.05, 0.1) is 18.4 Å². The molecule has 3 heterocycles. The van der Waals surface area contributed by atoms with Gasteiger partial charge in [-0.2, -0.15) is 15.2 Å². The molecule has 8 nitrogen and oxygen atoms in total. The van der Waals surface area contributed by atoms with E-state index in [1.165, 1.54) is 12.4 Å². The van der Waals surface area contributed by atoms with Gasteiger partial charge in [0.25, 0.3) is 11.9 Å². The number of likely N-dealkylation sites (tertiary alicyclic amines) is 1. The highest BCUT2D eigenvalue weighted by Gasteiger charge is 2.36. The summed E-state index contributed by atoms with van der Waals surface area (Å²) in [7, 11) is 0. The Morgan fingerprint density at radius 2 is 1.97 bits per heavy atom. The van der Waals surface area contributed by atoms with Gasteiger partial charge in [-0.1, -0.05) is 18.5 Å². The van der Waals surface area contributed by atoms with Gasteiger partial charge in [-0.15, -0.1) is 4.80 Å². The molecule has 0 bridgehead atoms. The Morgan fingerprint density at radius 1 is 1.21 bits per heavy atom. The third-order valence-electron chi connectivity index (χ3n) is 6.10. The Kier molecular flexibility index (Phi) is 5.91. The molecule has 11 heteroatoms. The van der Waals surface area contributed by atoms with Crippen LogP contribution in [0.2, 0.25) is 5.02 Å². The number of amides is 1. The number of carbonyl (C=O) groups excluding carboxylic acids is 1. The molecule has 2 unspecified atom stereocenters. The molecule has 2 aromatic heterocycles. The summed E-state index contributed by atoms with van der Waals surface area (Å²) in [5.41, 5.74) is 0.482. The molecule has 1 aliphatic rings. The number of benzene rings is 2. The van der Waals surface area contributed by atoms with Gasteiger partial charge in [0.2, 0.25) is 0 Å². The van der Waals surface area contributed by atoms with Crippen LogP contribution in [-0.4, -0.2) is 49.9 Å². The van der Waals surface area contributed by atoms with Gasteiger partial charge in [0.15, 0.2) is 11.4 Å². The molecule has 1 amide bonds. The number of piperidine rings is 1. The summed E-state index contributed by atoms with van der Waals surface area (Å²) >= 11 is 6.02. The average Bonchev–Trinajstić information content (AvgIpc) is 3.48. The van der Waals surface area contributed by atoms with Crippen molar-refractivity contribution in [2.75, 3.05) is 18.4 Å². The third-order valence-corrected chi connectivity index (χ3v) is 6.33. The normalized spacial score (nSPS) is 18.4. The molecular formula is C23H21ClF2N6O2. The van der Waals surface area contributed by atoms with Crippen molar-refractivity contribution in [3.63, 3.8) is 0 Å². The maximum Gasteiger partial charge on any atom is 0.295 e. The van der Waals surface area contributed by atoms with Gasteiger partial charge >= 0.3 is 0 Å². The van der Waals surface area contributed by atoms with Crippen LogP contribution < -0.4 is 5.32 Å². The van der Waals surface area contributed by atoms with Crippen molar-refractivity contribution in [2.24, 2.45) is 5.92 Å². The summed E-state index contributed by atoms with van der Waals surface area (Å²) in [6.45, 7) is 2.75. The van der Waals surface area contributed by atoms with Gasteiger partial charge < -0.3 is 14.6 Å². The molecule has 2 aromatic carbocycles. The van der Waals surface area contributed by atoms with E-state index in [9.17, 15) is 13.6 Å². The van der Waals surface area contributed by atoms with E-state index in [4.69, 9.17) is 16.0 Å². The molecule has 0 radical (unpaired) electrons. The van der Waals surface area contributed by atoms with Crippen LogP contribution in [0.15, 0.2) is 47.1 Å². The maximum absolute atomic E-state index is 14.9. The van der Waals surface area contributed by atoms with Crippen LogP contribution in [0.3, 0.4) is 0 Å². The number of hydrogen-bond acceptors (Lipinski definition) is 6. The lowest BCUT2D eigenvalue weighted by atomic mass is 9.90. The Hall–Kier alpha value is -3.53. The zero-order chi connectivity index (χ0) is 23.8. The SMILES string of the molecule is CC1CCCN(C(=O)c2c(F)ccc(F)c2-n2nccn2)C1CNc1nc2cc(Cl)ccc2o1. The van der Waals surface area contributed by atoms with Crippen LogP contribution in [0, 0.1) is 17.6 Å². The summed E-state index contributed by atoms with van der Waals surface area (Å²) in [5.74, 6) is -2.13. The summed E-state index contributed by atoms with van der Waals surface area (Å²) in [5, 5.41) is 11.5. The number of hydrogen-bond donors (Lipinski definition) is 1. The van der Waals surface area contributed by atoms with Crippen molar-refractivity contribution in [1.29, 1.82) is 0 Å². The highest BCUT2D eigenvalue weighted by atomic mass is 35.5. The number of aromatic nitrogens is 4. The molecule has 0 spiro atoms. The first-order chi connectivity index (χ1) is 16.4. The molecule has 1 aliphatic heterocycles. The molecule has 4 aromatic rings. The molecule has 2 atom stereocenters. The zero-order valence-corrected chi connectivity index (χ0v) is 19.0. The minimum atomic E-state index is -0.834. The van der Waals surface area contributed by atoms with Crippen LogP contribution in [0.25, 0.3) is 16.8 Å². The van der Waals surface area contributed by atoms with Crippen LogP contribution in [0.4, 0.5) is 14.8 Å². The standard InChI is InChI=1S/C23H21ClF2N6O2/c1-13-3-2-10-31(18(13)12-27-23-30-17-11-14(24)4-7-19(17)34-23)22(33)20-15(25)5-6-16(26)21(20)32-28-8-9-29-32/h4-9,11,13,18H,2-3,10,12H2,1H3,(H,27,30). The van der Waals surface area contributed by atoms with Crippen molar-refractivity contribution in [3.8, 4) is 5.69 Å². The Labute approximate surface area is 198 Å². The van der Waals surface area contributed by atoms with E-state index < -0.39 is 23.1 Å². The van der Waals surface area contributed by atoms with E-state index in [2.05, 4.69) is 20.5 Å². The Bertz CT molecular complexity index is 1340. The van der Waals surface area contributed by atoms with Crippen molar-refractivity contribution < 1.29 is 18.0 Å². The Balaban J connectivity index is 1.44. The molecule has 1 N–H and O–H groups in total. The molecule has 0 saturated carbocycles. The summed E-state index contributed by atoms with van der Waals surface area (Å²) in [6.07, 6.45) is 4.30. The lowest BCUT2D eigenvalue weighted by molar-refractivity contribution is 0.0533. The number of nitrogens with zero attached hydrogens (tertiary/aromatic N) is 5. The lowest BCUT2D eigenvalue weighted by Crippen LogP contribution is -2.51. The largest absolute Gasteiger partial charge is 0.424 e. The summed E-state index contributed by atoms with van der Waals surface area (Å²) < 4.78 is 35.4. The number of anilines is 1. The fourth-order valence-electron chi connectivity index (χ4n) is 4.40. The molecular weight excluding hydrogens is 466 g/mol. The highest BCUT2D eigenvalue weighted by Crippen LogP contribution is 2.29. The van der Waals surface area contributed by atoms with E-state index >= 15 is 0 Å². The highest BCUT2D eigenvalue weighted by molar-refractivity contribution is 6.31. The van der Waals surface area contributed by atoms with E-state index in [-0.39, 0.29) is 17.6 Å². The Morgan fingerprint density at radius 3 is 2.76 bits per heavy atom. The van der Waals surface area contributed by atoms with E-state index in [1.54, 1.807) is 23.1 Å². The van der Waals surface area contributed by atoms with Crippen LogP contribution in [0.5, 0.6) is 0 Å². The van der Waals surface area contributed by atoms with Crippen molar-refractivity contribution in [2.45, 2.75) is 25.8 Å². The average molecular weight is 487 g/mol. The molecule has 176 valence electrons. The van der Waals surface area contributed by atoms with Crippen LogP contribution in [-0.2, 0) is 0 Å². The first-order valence-electron chi connectivity index (χ1n) is 10.9. The molecule has 0 aliphatic carbocycles. The number of oxazole rings is 1. The monoisotopic (exact) mass is 486 g/mol. The van der Waals surface area contributed by atoms with Gasteiger partial charge in [-0.05, 0) is 49.1 Å². The van der Waals surface area contributed by atoms with Gasteiger partial charge in [-0.3, -0.25) is 4.79 Å². The van der Waals surface area contributed by atoms with Crippen molar-refractivity contribution >= 4 is 34.6 Å². The second-order valence-corrected chi connectivity index (χ2v) is 8.71. The van der Waals surface area contributed by atoms with E-state index in [0.29, 0.717) is 35.2 Å².